The van der Waals surface area contributed by atoms with Gasteiger partial charge in [0.2, 0.25) is 0 Å². The van der Waals surface area contributed by atoms with Gasteiger partial charge >= 0.3 is 18.5 Å². The molecule has 0 saturated heterocycles. The zero-order chi connectivity index (χ0) is 28.9. The number of hydrogen-bond donors (Lipinski definition) is 0. The zero-order valence-corrected chi connectivity index (χ0v) is 19.0. The molecule has 0 nitrogen and oxygen atoms in total. The summed E-state index contributed by atoms with van der Waals surface area (Å²) in [7, 11) is 0. The van der Waals surface area contributed by atoms with Crippen LogP contribution in [-0.4, -0.2) is 0 Å². The normalized spacial score (nSPS) is 12.6. The van der Waals surface area contributed by atoms with E-state index in [1.165, 1.54) is 0 Å². The Balaban J connectivity index is 2.00. The van der Waals surface area contributed by atoms with Crippen LogP contribution < -0.4 is 0 Å². The molecular formula is C27H12F12. The zero-order valence-electron chi connectivity index (χ0n) is 19.0. The van der Waals surface area contributed by atoms with Gasteiger partial charge in [0.1, 0.15) is 17.5 Å². The summed E-state index contributed by atoms with van der Waals surface area (Å²) < 4.78 is 161. The molecule has 0 saturated carbocycles. The van der Waals surface area contributed by atoms with Crippen LogP contribution in [0.2, 0.25) is 0 Å². The summed E-state index contributed by atoms with van der Waals surface area (Å²) in [4.78, 5) is 0. The maximum Gasteiger partial charge on any atom is 0.419 e. The summed E-state index contributed by atoms with van der Waals surface area (Å²) in [5.74, 6) is -4.82. The van der Waals surface area contributed by atoms with Crippen LogP contribution in [0.5, 0.6) is 0 Å². The van der Waals surface area contributed by atoms with Gasteiger partial charge in [-0.1, -0.05) is 18.2 Å². The van der Waals surface area contributed by atoms with Crippen LogP contribution in [0.25, 0.3) is 33.4 Å². The summed E-state index contributed by atoms with van der Waals surface area (Å²) in [6.45, 7) is 0. The predicted molar refractivity (Wildman–Crippen MR) is 118 cm³/mol. The Kier molecular flexibility index (Phi) is 6.95. The van der Waals surface area contributed by atoms with Crippen molar-refractivity contribution in [2.24, 2.45) is 0 Å². The van der Waals surface area contributed by atoms with Crippen molar-refractivity contribution in [2.45, 2.75) is 18.5 Å². The highest BCUT2D eigenvalue weighted by atomic mass is 19.4. The highest BCUT2D eigenvalue weighted by Crippen LogP contribution is 2.40. The average molecular weight is 564 g/mol. The van der Waals surface area contributed by atoms with Gasteiger partial charge in [-0.15, -0.1) is 0 Å². The van der Waals surface area contributed by atoms with Gasteiger partial charge in [-0.2, -0.15) is 39.5 Å². The van der Waals surface area contributed by atoms with Crippen LogP contribution in [0, 0.1) is 17.5 Å². The van der Waals surface area contributed by atoms with E-state index in [-0.39, 0.29) is 33.4 Å². The lowest BCUT2D eigenvalue weighted by Gasteiger charge is -2.16. The molecule has 4 aromatic carbocycles. The SMILES string of the molecule is Fc1ccc(-c2cc(-c3ccc(F)c(C(F)(F)F)c3)cc(-c3ccc(F)c(C(F)(F)F)c3)c2)cc1C(F)(F)F. The fourth-order valence-electron chi connectivity index (χ4n) is 3.89. The molecule has 0 atom stereocenters. The van der Waals surface area contributed by atoms with Crippen LogP contribution in [0.1, 0.15) is 16.7 Å². The van der Waals surface area contributed by atoms with Gasteiger partial charge in [0.15, 0.2) is 0 Å². The summed E-state index contributed by atoms with van der Waals surface area (Å²) in [5, 5.41) is 0. The smallest absolute Gasteiger partial charge is 0.206 e. The third kappa shape index (κ3) is 5.89. The summed E-state index contributed by atoms with van der Waals surface area (Å²) in [5.41, 5.74) is -6.25. The Labute approximate surface area is 212 Å². The molecule has 39 heavy (non-hydrogen) atoms. The third-order valence-electron chi connectivity index (χ3n) is 5.75. The standard InChI is InChI=1S/C27H12F12/c28-22-4-1-13(10-19(22)25(31,32)33)16-7-17(14-2-5-23(29)20(11-14)26(34,35)36)9-18(8-16)15-3-6-24(30)21(12-15)27(37,38)39/h1-12H. The maximum atomic E-state index is 13.9. The first-order valence-electron chi connectivity index (χ1n) is 10.7. The number of hydrogen-bond acceptors (Lipinski definition) is 0. The molecular weight excluding hydrogens is 552 g/mol. The molecule has 4 aromatic rings. The monoisotopic (exact) mass is 564 g/mol. The molecule has 0 unspecified atom stereocenters. The van der Waals surface area contributed by atoms with E-state index in [0.29, 0.717) is 36.4 Å². The third-order valence-corrected chi connectivity index (χ3v) is 5.75. The topological polar surface area (TPSA) is 0 Å². The van der Waals surface area contributed by atoms with Crippen molar-refractivity contribution >= 4 is 0 Å². The minimum absolute atomic E-state index is 0.149. The highest BCUT2D eigenvalue weighted by molar-refractivity contribution is 5.81. The molecule has 0 spiro atoms. The Morgan fingerprint density at radius 3 is 0.744 bits per heavy atom. The van der Waals surface area contributed by atoms with E-state index in [1.54, 1.807) is 0 Å². The number of rotatable bonds is 3. The molecule has 4 rings (SSSR count). The van der Waals surface area contributed by atoms with Gasteiger partial charge in [0, 0.05) is 0 Å². The largest absolute Gasteiger partial charge is 0.419 e. The first-order chi connectivity index (χ1) is 17.9. The van der Waals surface area contributed by atoms with E-state index in [1.807, 2.05) is 0 Å². The van der Waals surface area contributed by atoms with Crippen molar-refractivity contribution in [3.8, 4) is 33.4 Å². The molecule has 0 N–H and O–H groups in total. The molecule has 0 amide bonds. The van der Waals surface area contributed by atoms with Crippen molar-refractivity contribution in [1.29, 1.82) is 0 Å². The summed E-state index contributed by atoms with van der Waals surface area (Å²) in [6, 6.07) is 8.93. The minimum Gasteiger partial charge on any atom is -0.206 e. The van der Waals surface area contributed by atoms with Crippen LogP contribution in [0.15, 0.2) is 72.8 Å². The first-order valence-corrected chi connectivity index (χ1v) is 10.7. The van der Waals surface area contributed by atoms with E-state index in [9.17, 15) is 52.7 Å². The van der Waals surface area contributed by atoms with Crippen molar-refractivity contribution < 1.29 is 52.7 Å². The van der Waals surface area contributed by atoms with Gasteiger partial charge in [0.25, 0.3) is 0 Å². The Morgan fingerprint density at radius 2 is 0.538 bits per heavy atom. The van der Waals surface area contributed by atoms with Gasteiger partial charge in [-0.25, -0.2) is 13.2 Å². The average Bonchev–Trinajstić information content (AvgIpc) is 2.82. The number of alkyl halides is 9. The number of halogens is 12. The predicted octanol–water partition coefficient (Wildman–Crippen LogP) is 10.2. The number of benzene rings is 4. The van der Waals surface area contributed by atoms with Crippen LogP contribution in [0.4, 0.5) is 52.7 Å². The molecule has 0 bridgehead atoms. The molecule has 0 aliphatic rings. The second kappa shape index (κ2) is 9.65. The van der Waals surface area contributed by atoms with Crippen molar-refractivity contribution in [1.82, 2.24) is 0 Å². The lowest BCUT2D eigenvalue weighted by atomic mass is 9.91. The lowest BCUT2D eigenvalue weighted by molar-refractivity contribution is -0.140. The van der Waals surface area contributed by atoms with E-state index in [2.05, 4.69) is 0 Å². The van der Waals surface area contributed by atoms with E-state index in [0.717, 1.165) is 36.4 Å². The quantitative estimate of drug-likeness (QED) is 0.217. The van der Waals surface area contributed by atoms with Crippen LogP contribution in [-0.2, 0) is 18.5 Å². The Bertz CT molecular complexity index is 1350. The fourth-order valence-corrected chi connectivity index (χ4v) is 3.89. The van der Waals surface area contributed by atoms with E-state index < -0.39 is 52.7 Å². The summed E-state index contributed by atoms with van der Waals surface area (Å²) >= 11 is 0. The molecule has 12 heteroatoms. The van der Waals surface area contributed by atoms with Gasteiger partial charge < -0.3 is 0 Å². The Morgan fingerprint density at radius 1 is 0.308 bits per heavy atom. The van der Waals surface area contributed by atoms with Crippen molar-refractivity contribution in [3.63, 3.8) is 0 Å². The minimum atomic E-state index is -5.11. The van der Waals surface area contributed by atoms with E-state index in [4.69, 9.17) is 0 Å². The summed E-state index contributed by atoms with van der Waals surface area (Å²) in [6.07, 6.45) is -15.3. The maximum absolute atomic E-state index is 13.9. The van der Waals surface area contributed by atoms with Gasteiger partial charge in [0.05, 0.1) is 16.7 Å². The molecule has 0 fully saturated rings. The van der Waals surface area contributed by atoms with Crippen molar-refractivity contribution in [2.75, 3.05) is 0 Å². The second-order valence-corrected chi connectivity index (χ2v) is 8.38. The van der Waals surface area contributed by atoms with Crippen LogP contribution in [0.3, 0.4) is 0 Å². The fraction of sp³-hybridized carbons (Fsp3) is 0.111. The molecule has 0 aromatic heterocycles. The van der Waals surface area contributed by atoms with Crippen LogP contribution >= 0.6 is 0 Å². The van der Waals surface area contributed by atoms with Gasteiger partial charge in [-0.05, 0) is 88.0 Å². The van der Waals surface area contributed by atoms with Crippen molar-refractivity contribution in [3.05, 3.63) is 107 Å². The Hall–Kier alpha value is -3.96. The molecule has 0 aliphatic carbocycles. The molecule has 0 heterocycles. The second-order valence-electron chi connectivity index (χ2n) is 8.38. The van der Waals surface area contributed by atoms with Gasteiger partial charge in [-0.3, -0.25) is 0 Å². The molecule has 204 valence electrons. The molecule has 0 radical (unpaired) electrons. The van der Waals surface area contributed by atoms with E-state index >= 15 is 0 Å². The molecule has 0 aliphatic heterocycles. The first kappa shape index (κ1) is 28.1. The lowest BCUT2D eigenvalue weighted by Crippen LogP contribution is -2.08. The highest BCUT2D eigenvalue weighted by Gasteiger charge is 2.36.